The highest BCUT2D eigenvalue weighted by molar-refractivity contribution is 6.37. The van der Waals surface area contributed by atoms with Gasteiger partial charge >= 0.3 is 0 Å². The zero-order valence-electron chi connectivity index (χ0n) is 18.5. The van der Waals surface area contributed by atoms with Gasteiger partial charge in [-0.25, -0.2) is 4.39 Å². The monoisotopic (exact) mass is 504 g/mol. The van der Waals surface area contributed by atoms with Crippen LogP contribution in [0.5, 0.6) is 11.5 Å². The van der Waals surface area contributed by atoms with Crippen LogP contribution in [0, 0.1) is 5.82 Å². The van der Waals surface area contributed by atoms with Crippen LogP contribution in [-0.2, 0) is 4.79 Å². The molecule has 0 radical (unpaired) electrons. The van der Waals surface area contributed by atoms with Crippen LogP contribution in [-0.4, -0.2) is 60.4 Å². The Kier molecular flexibility index (Phi) is 7.70. The Morgan fingerprint density at radius 3 is 2.24 bits per heavy atom. The van der Waals surface area contributed by atoms with E-state index in [1.54, 1.807) is 4.90 Å². The summed E-state index contributed by atoms with van der Waals surface area (Å²) in [6.07, 6.45) is 0. The van der Waals surface area contributed by atoms with E-state index >= 15 is 0 Å². The zero-order chi connectivity index (χ0) is 24.1. The molecule has 1 fully saturated rings. The van der Waals surface area contributed by atoms with Gasteiger partial charge in [0, 0.05) is 31.7 Å². The summed E-state index contributed by atoms with van der Waals surface area (Å²) in [6, 6.07) is 13.8. The van der Waals surface area contributed by atoms with E-state index in [-0.39, 0.29) is 28.3 Å². The van der Waals surface area contributed by atoms with Crippen LogP contribution in [0.25, 0.3) is 11.3 Å². The number of rotatable bonds is 7. The molecule has 178 valence electrons. The van der Waals surface area contributed by atoms with E-state index in [0.717, 1.165) is 35.0 Å². The third-order valence-corrected chi connectivity index (χ3v) is 5.93. The number of benzene rings is 2. The van der Waals surface area contributed by atoms with Gasteiger partial charge in [-0.3, -0.25) is 4.79 Å². The molecule has 3 aromatic rings. The van der Waals surface area contributed by atoms with Gasteiger partial charge in [-0.15, -0.1) is 10.2 Å². The molecule has 1 amide bonds. The Morgan fingerprint density at radius 2 is 1.65 bits per heavy atom. The Bertz CT molecular complexity index is 1110. The van der Waals surface area contributed by atoms with Gasteiger partial charge in [0.1, 0.15) is 11.6 Å². The summed E-state index contributed by atoms with van der Waals surface area (Å²) in [5, 5.41) is 8.77. The van der Waals surface area contributed by atoms with Crippen LogP contribution >= 0.6 is 23.2 Å². The second kappa shape index (κ2) is 10.9. The molecule has 1 saturated heterocycles. The molecule has 0 unspecified atom stereocenters. The summed E-state index contributed by atoms with van der Waals surface area (Å²) in [6.45, 7) is 4.58. The maximum atomic E-state index is 13.3. The maximum Gasteiger partial charge on any atom is 0.260 e. The van der Waals surface area contributed by atoms with Crippen molar-refractivity contribution in [3.63, 3.8) is 0 Å². The van der Waals surface area contributed by atoms with Crippen LogP contribution in [0.3, 0.4) is 0 Å². The minimum absolute atomic E-state index is 0.0230. The highest BCUT2D eigenvalue weighted by Gasteiger charge is 2.23. The molecule has 2 heterocycles. The average molecular weight is 505 g/mol. The fraction of sp³-hybridized carbons (Fsp3) is 0.292. The van der Waals surface area contributed by atoms with Crippen molar-refractivity contribution in [2.75, 3.05) is 44.3 Å². The first kappa shape index (κ1) is 24.0. The fourth-order valence-corrected chi connectivity index (χ4v) is 4.18. The maximum absolute atomic E-state index is 13.3. The second-order valence-electron chi connectivity index (χ2n) is 7.59. The number of anilines is 1. The molecule has 1 aliphatic rings. The highest BCUT2D eigenvalue weighted by atomic mass is 35.5. The van der Waals surface area contributed by atoms with Gasteiger partial charge in [-0.1, -0.05) is 23.2 Å². The van der Waals surface area contributed by atoms with Crippen molar-refractivity contribution in [1.82, 2.24) is 15.1 Å². The van der Waals surface area contributed by atoms with E-state index in [9.17, 15) is 9.18 Å². The third-order valence-electron chi connectivity index (χ3n) is 5.37. The number of hydrogen-bond donors (Lipinski definition) is 0. The molecule has 1 aromatic heterocycles. The number of hydrogen-bond acceptors (Lipinski definition) is 6. The molecule has 2 aromatic carbocycles. The van der Waals surface area contributed by atoms with E-state index < -0.39 is 5.82 Å². The lowest BCUT2D eigenvalue weighted by Crippen LogP contribution is -2.50. The molecule has 34 heavy (non-hydrogen) atoms. The molecule has 0 spiro atoms. The Morgan fingerprint density at radius 1 is 0.971 bits per heavy atom. The normalized spacial score (nSPS) is 13.6. The fourth-order valence-electron chi connectivity index (χ4n) is 3.61. The van der Waals surface area contributed by atoms with E-state index in [2.05, 4.69) is 15.1 Å². The van der Waals surface area contributed by atoms with Crippen molar-refractivity contribution in [3.8, 4) is 22.8 Å². The van der Waals surface area contributed by atoms with Gasteiger partial charge in [0.05, 0.1) is 22.3 Å². The lowest BCUT2D eigenvalue weighted by atomic mass is 10.1. The molecule has 0 saturated carbocycles. The van der Waals surface area contributed by atoms with E-state index in [1.165, 1.54) is 0 Å². The molecule has 0 N–H and O–H groups in total. The molecule has 10 heteroatoms. The minimum Gasteiger partial charge on any atom is -0.494 e. The highest BCUT2D eigenvalue weighted by Crippen LogP contribution is 2.33. The van der Waals surface area contributed by atoms with Crippen molar-refractivity contribution in [3.05, 3.63) is 64.4 Å². The van der Waals surface area contributed by atoms with E-state index in [1.807, 2.05) is 43.3 Å². The summed E-state index contributed by atoms with van der Waals surface area (Å²) in [4.78, 5) is 16.3. The van der Waals surface area contributed by atoms with Crippen molar-refractivity contribution >= 4 is 34.9 Å². The number of nitrogens with zero attached hydrogens (tertiary/aromatic N) is 4. The predicted molar refractivity (Wildman–Crippen MR) is 129 cm³/mol. The zero-order valence-corrected chi connectivity index (χ0v) is 20.0. The first-order valence-corrected chi connectivity index (χ1v) is 11.6. The Labute approximate surface area is 207 Å². The smallest absolute Gasteiger partial charge is 0.260 e. The molecule has 7 nitrogen and oxygen atoms in total. The van der Waals surface area contributed by atoms with Crippen LogP contribution < -0.4 is 14.4 Å². The molecule has 4 rings (SSSR count). The first-order chi connectivity index (χ1) is 16.4. The lowest BCUT2D eigenvalue weighted by Gasteiger charge is -2.35. The quantitative estimate of drug-likeness (QED) is 0.463. The molecular formula is C24H23Cl2FN4O3. The van der Waals surface area contributed by atoms with Crippen molar-refractivity contribution in [1.29, 1.82) is 0 Å². The van der Waals surface area contributed by atoms with Crippen LogP contribution in [0.4, 0.5) is 10.2 Å². The van der Waals surface area contributed by atoms with E-state index in [0.29, 0.717) is 32.8 Å². The van der Waals surface area contributed by atoms with Gasteiger partial charge in [-0.2, -0.15) is 0 Å². The molecule has 0 aliphatic carbocycles. The third kappa shape index (κ3) is 5.69. The Hall–Kier alpha value is -3.10. The van der Waals surface area contributed by atoms with Gasteiger partial charge in [0.2, 0.25) is 0 Å². The minimum atomic E-state index is -0.569. The number of amides is 1. The molecule has 0 bridgehead atoms. The topological polar surface area (TPSA) is 67.8 Å². The summed E-state index contributed by atoms with van der Waals surface area (Å²) in [5.41, 5.74) is 1.73. The van der Waals surface area contributed by atoms with Crippen LogP contribution in [0.15, 0.2) is 48.5 Å². The van der Waals surface area contributed by atoms with Gasteiger partial charge in [-0.05, 0) is 55.5 Å². The van der Waals surface area contributed by atoms with Crippen LogP contribution in [0.1, 0.15) is 6.92 Å². The van der Waals surface area contributed by atoms with Crippen LogP contribution in [0.2, 0.25) is 10.0 Å². The number of halogens is 3. The van der Waals surface area contributed by atoms with Crippen molar-refractivity contribution in [2.45, 2.75) is 6.92 Å². The predicted octanol–water partition coefficient (Wildman–Crippen LogP) is 4.72. The number of ether oxygens (including phenoxy) is 2. The summed E-state index contributed by atoms with van der Waals surface area (Å²) in [5.74, 6) is 0.897. The number of piperazine rings is 1. The molecular weight excluding hydrogens is 482 g/mol. The number of aromatic nitrogens is 2. The molecule has 0 atom stereocenters. The van der Waals surface area contributed by atoms with Gasteiger partial charge in [0.15, 0.2) is 18.2 Å². The summed E-state index contributed by atoms with van der Waals surface area (Å²) in [7, 11) is 0. The molecule has 1 aliphatic heterocycles. The first-order valence-electron chi connectivity index (χ1n) is 10.8. The Balaban J connectivity index is 1.30. The second-order valence-corrected chi connectivity index (χ2v) is 8.40. The van der Waals surface area contributed by atoms with Gasteiger partial charge < -0.3 is 19.3 Å². The number of carbonyl (C=O) groups is 1. The summed E-state index contributed by atoms with van der Waals surface area (Å²) < 4.78 is 24.2. The SMILES string of the molecule is CCOc1ccc(-c2ccc(N3CCN(C(=O)COc4c(Cl)cc(F)cc4Cl)CC3)nn2)cc1. The standard InChI is InChI=1S/C24H23Cl2FN4O3/c1-2-33-18-5-3-16(4-6-18)21-7-8-22(29-28-21)30-9-11-31(12-10-30)23(32)15-34-24-19(25)13-17(27)14-20(24)26/h3-8,13-14H,2,9-12,15H2,1H3. The number of carbonyl (C=O) groups excluding carboxylic acids is 1. The summed E-state index contributed by atoms with van der Waals surface area (Å²) >= 11 is 11.9. The van der Waals surface area contributed by atoms with E-state index in [4.69, 9.17) is 32.7 Å². The average Bonchev–Trinajstić information content (AvgIpc) is 2.84. The largest absolute Gasteiger partial charge is 0.494 e. The van der Waals surface area contributed by atoms with Crippen molar-refractivity contribution in [2.24, 2.45) is 0 Å². The van der Waals surface area contributed by atoms with Gasteiger partial charge in [0.25, 0.3) is 5.91 Å². The lowest BCUT2D eigenvalue weighted by molar-refractivity contribution is -0.133. The van der Waals surface area contributed by atoms with Crippen molar-refractivity contribution < 1.29 is 18.7 Å².